The predicted octanol–water partition coefficient (Wildman–Crippen LogP) is 1.48. The van der Waals surface area contributed by atoms with Gasteiger partial charge in [0.25, 0.3) is 0 Å². The van der Waals surface area contributed by atoms with Crippen LogP contribution in [0.5, 0.6) is 0 Å². The van der Waals surface area contributed by atoms with Gasteiger partial charge in [0.2, 0.25) is 0 Å². The number of hydrogen-bond donors (Lipinski definition) is 1. The largest absolute Gasteiger partial charge is 0.301 e. The molecule has 20 heavy (non-hydrogen) atoms. The van der Waals surface area contributed by atoms with Crippen LogP contribution in [0.25, 0.3) is 0 Å². The number of nitrogens with zero attached hydrogens (tertiary/aromatic N) is 2. The van der Waals surface area contributed by atoms with E-state index in [0.717, 1.165) is 23.2 Å². The van der Waals surface area contributed by atoms with Crippen molar-refractivity contribution in [1.29, 1.82) is 0 Å². The molecule has 0 aliphatic carbocycles. The summed E-state index contributed by atoms with van der Waals surface area (Å²) in [6.07, 6.45) is 4.05. The fourth-order valence-corrected chi connectivity index (χ4v) is 3.58. The summed E-state index contributed by atoms with van der Waals surface area (Å²) in [5.74, 6) is 0. The molecule has 0 unspecified atom stereocenters. The molecule has 1 aromatic carbocycles. The Hall–Kier alpha value is -1.92. The number of fused-ring (bicyclic) bond motifs is 1. The van der Waals surface area contributed by atoms with Crippen LogP contribution in [-0.4, -0.2) is 19.9 Å². The molecule has 3 rings (SSSR count). The van der Waals surface area contributed by atoms with Gasteiger partial charge in [0.1, 0.15) is 0 Å². The fourth-order valence-electron chi connectivity index (χ4n) is 2.31. The Kier molecular flexibility index (Phi) is 3.42. The second-order valence-corrected chi connectivity index (χ2v) is 6.31. The second-order valence-electron chi connectivity index (χ2n) is 4.63. The van der Waals surface area contributed by atoms with Crippen molar-refractivity contribution < 1.29 is 8.42 Å². The van der Waals surface area contributed by atoms with E-state index < -0.39 is 10.2 Å². The summed E-state index contributed by atoms with van der Waals surface area (Å²) in [5.41, 5.74) is 2.73. The van der Waals surface area contributed by atoms with Crippen LogP contribution in [0.2, 0.25) is 0 Å². The molecule has 6 heteroatoms. The lowest BCUT2D eigenvalue weighted by atomic mass is 10.2. The van der Waals surface area contributed by atoms with E-state index in [1.165, 1.54) is 4.31 Å². The molecule has 0 amide bonds. The van der Waals surface area contributed by atoms with Gasteiger partial charge in [-0.3, -0.25) is 9.29 Å². The second kappa shape index (κ2) is 5.22. The standard InChI is InChI=1S/C14H15N3O2S/c18-20(19,16-11-12-5-8-15-9-6-12)17-10-7-13-3-1-2-4-14(13)17/h1-6,8-9,16H,7,10-11H2. The number of rotatable bonds is 4. The van der Waals surface area contributed by atoms with Crippen LogP contribution in [0.4, 0.5) is 5.69 Å². The van der Waals surface area contributed by atoms with E-state index in [0.29, 0.717) is 6.54 Å². The van der Waals surface area contributed by atoms with Crippen molar-refractivity contribution in [3.8, 4) is 0 Å². The van der Waals surface area contributed by atoms with Crippen LogP contribution < -0.4 is 9.03 Å². The average Bonchev–Trinajstić information content (AvgIpc) is 2.91. The van der Waals surface area contributed by atoms with E-state index in [4.69, 9.17) is 0 Å². The minimum absolute atomic E-state index is 0.267. The topological polar surface area (TPSA) is 62.3 Å². The van der Waals surface area contributed by atoms with Crippen molar-refractivity contribution in [3.05, 3.63) is 59.9 Å². The monoisotopic (exact) mass is 289 g/mol. The molecule has 0 bridgehead atoms. The lowest BCUT2D eigenvalue weighted by molar-refractivity contribution is 0.577. The molecule has 0 saturated heterocycles. The Morgan fingerprint density at radius 2 is 1.90 bits per heavy atom. The normalized spacial score (nSPS) is 14.3. The first-order valence-corrected chi connectivity index (χ1v) is 7.85. The van der Waals surface area contributed by atoms with Crippen molar-refractivity contribution in [2.45, 2.75) is 13.0 Å². The molecule has 0 saturated carbocycles. The number of nitrogens with one attached hydrogen (secondary N) is 1. The maximum absolute atomic E-state index is 12.4. The molecular formula is C14H15N3O2S. The average molecular weight is 289 g/mol. The number of pyridine rings is 1. The van der Waals surface area contributed by atoms with Gasteiger partial charge < -0.3 is 0 Å². The molecule has 2 heterocycles. The molecule has 0 radical (unpaired) electrons. The first-order valence-electron chi connectivity index (χ1n) is 6.41. The number of hydrogen-bond acceptors (Lipinski definition) is 3. The summed E-state index contributed by atoms with van der Waals surface area (Å²) in [6.45, 7) is 0.758. The minimum Gasteiger partial charge on any atom is -0.265 e. The SMILES string of the molecule is O=S(=O)(NCc1ccncc1)N1CCc2ccccc21. The molecule has 0 fully saturated rings. The molecule has 1 N–H and O–H groups in total. The molecular weight excluding hydrogens is 274 g/mol. The van der Waals surface area contributed by atoms with Crippen LogP contribution in [-0.2, 0) is 23.2 Å². The first kappa shape index (κ1) is 13.1. The Morgan fingerprint density at radius 1 is 1.15 bits per heavy atom. The molecule has 104 valence electrons. The van der Waals surface area contributed by atoms with E-state index in [1.54, 1.807) is 24.5 Å². The van der Waals surface area contributed by atoms with E-state index in [2.05, 4.69) is 9.71 Å². The number of benzene rings is 1. The van der Waals surface area contributed by atoms with E-state index in [1.807, 2.05) is 24.3 Å². The third-order valence-corrected chi connectivity index (χ3v) is 4.81. The number of para-hydroxylation sites is 1. The van der Waals surface area contributed by atoms with Crippen LogP contribution in [0.3, 0.4) is 0 Å². The number of anilines is 1. The van der Waals surface area contributed by atoms with Gasteiger partial charge in [-0.05, 0) is 35.7 Å². The lowest BCUT2D eigenvalue weighted by Gasteiger charge is -2.19. The van der Waals surface area contributed by atoms with Gasteiger partial charge >= 0.3 is 10.2 Å². The van der Waals surface area contributed by atoms with Crippen molar-refractivity contribution in [1.82, 2.24) is 9.71 Å². The summed E-state index contributed by atoms with van der Waals surface area (Å²) < 4.78 is 28.8. The van der Waals surface area contributed by atoms with E-state index in [-0.39, 0.29) is 6.54 Å². The Balaban J connectivity index is 1.77. The highest BCUT2D eigenvalue weighted by atomic mass is 32.2. The van der Waals surface area contributed by atoms with Gasteiger partial charge in [0, 0.05) is 25.5 Å². The molecule has 1 aliphatic rings. The summed E-state index contributed by atoms with van der Waals surface area (Å²) >= 11 is 0. The van der Waals surface area contributed by atoms with E-state index >= 15 is 0 Å². The Labute approximate surface area is 118 Å². The van der Waals surface area contributed by atoms with Crippen molar-refractivity contribution in [3.63, 3.8) is 0 Å². The highest BCUT2D eigenvalue weighted by Gasteiger charge is 2.28. The van der Waals surface area contributed by atoms with Crippen molar-refractivity contribution in [2.24, 2.45) is 0 Å². The van der Waals surface area contributed by atoms with Gasteiger partial charge in [-0.2, -0.15) is 13.1 Å². The zero-order chi connectivity index (χ0) is 14.0. The fraction of sp³-hybridized carbons (Fsp3) is 0.214. The highest BCUT2D eigenvalue weighted by molar-refractivity contribution is 7.90. The third-order valence-electron chi connectivity index (χ3n) is 3.34. The maximum atomic E-state index is 12.4. The Morgan fingerprint density at radius 3 is 2.70 bits per heavy atom. The zero-order valence-electron chi connectivity index (χ0n) is 10.9. The molecule has 0 atom stereocenters. The summed E-state index contributed by atoms with van der Waals surface area (Å²) in [6, 6.07) is 11.2. The van der Waals surface area contributed by atoms with Crippen molar-refractivity contribution in [2.75, 3.05) is 10.8 Å². The van der Waals surface area contributed by atoms with Crippen LogP contribution in [0.15, 0.2) is 48.8 Å². The molecule has 2 aromatic rings. The smallest absolute Gasteiger partial charge is 0.265 e. The quantitative estimate of drug-likeness (QED) is 0.927. The molecule has 1 aliphatic heterocycles. The van der Waals surface area contributed by atoms with Crippen LogP contribution >= 0.6 is 0 Å². The zero-order valence-corrected chi connectivity index (χ0v) is 11.7. The Bertz CT molecular complexity index is 701. The van der Waals surface area contributed by atoms with Gasteiger partial charge in [-0.1, -0.05) is 18.2 Å². The highest BCUT2D eigenvalue weighted by Crippen LogP contribution is 2.29. The van der Waals surface area contributed by atoms with Gasteiger partial charge in [0.05, 0.1) is 5.69 Å². The first-order chi connectivity index (χ1) is 9.67. The van der Waals surface area contributed by atoms with Crippen LogP contribution in [0, 0.1) is 0 Å². The summed E-state index contributed by atoms with van der Waals surface area (Å²) in [5, 5.41) is 0. The lowest BCUT2D eigenvalue weighted by Crippen LogP contribution is -2.39. The van der Waals surface area contributed by atoms with Crippen molar-refractivity contribution >= 4 is 15.9 Å². The third kappa shape index (κ3) is 2.52. The van der Waals surface area contributed by atoms with Gasteiger partial charge in [-0.15, -0.1) is 0 Å². The molecule has 5 nitrogen and oxygen atoms in total. The van der Waals surface area contributed by atoms with E-state index in [9.17, 15) is 8.42 Å². The van der Waals surface area contributed by atoms with Crippen LogP contribution in [0.1, 0.15) is 11.1 Å². The number of aromatic nitrogens is 1. The maximum Gasteiger partial charge on any atom is 0.301 e. The molecule has 0 spiro atoms. The summed E-state index contributed by atoms with van der Waals surface area (Å²) in [4.78, 5) is 3.91. The van der Waals surface area contributed by atoms with Gasteiger partial charge in [0.15, 0.2) is 0 Å². The predicted molar refractivity (Wildman–Crippen MR) is 77.5 cm³/mol. The van der Waals surface area contributed by atoms with Gasteiger partial charge in [-0.25, -0.2) is 0 Å². The summed E-state index contributed by atoms with van der Waals surface area (Å²) in [7, 11) is -3.51. The molecule has 1 aromatic heterocycles. The minimum atomic E-state index is -3.51.